The van der Waals surface area contributed by atoms with Crippen LogP contribution in [-0.2, 0) is 0 Å². The number of piperazine rings is 1. The second kappa shape index (κ2) is 7.47. The summed E-state index contributed by atoms with van der Waals surface area (Å²) in [5, 5.41) is 0. The fraction of sp³-hybridized carbons (Fsp3) is 0.333. The molecule has 1 heterocycles. The van der Waals surface area contributed by atoms with E-state index in [2.05, 4.69) is 0 Å². The number of halogens is 2. The largest absolute Gasteiger partial charge is 0.335 e. The number of aryl methyl sites for hydroxylation is 2. The predicted molar refractivity (Wildman–Crippen MR) is 98.7 cm³/mol. The Kier molecular flexibility index (Phi) is 5.26. The van der Waals surface area contributed by atoms with Crippen LogP contribution in [0, 0.1) is 25.5 Å². The molecule has 1 aliphatic heterocycles. The first-order valence-electron chi connectivity index (χ1n) is 8.90. The third kappa shape index (κ3) is 3.84. The molecule has 2 aromatic rings. The van der Waals surface area contributed by atoms with Gasteiger partial charge >= 0.3 is 0 Å². The summed E-state index contributed by atoms with van der Waals surface area (Å²) < 4.78 is 27.5. The number of hydrogen-bond acceptors (Lipinski definition) is 2. The van der Waals surface area contributed by atoms with Gasteiger partial charge in [-0.15, -0.1) is 0 Å². The first-order chi connectivity index (χ1) is 12.8. The Labute approximate surface area is 157 Å². The van der Waals surface area contributed by atoms with Crippen LogP contribution in [0.25, 0.3) is 0 Å². The maximum Gasteiger partial charge on any atom is 0.254 e. The van der Waals surface area contributed by atoms with E-state index in [0.29, 0.717) is 41.9 Å². The van der Waals surface area contributed by atoms with Crippen molar-refractivity contribution in [2.24, 2.45) is 0 Å². The second-order valence-corrected chi connectivity index (χ2v) is 7.03. The minimum absolute atomic E-state index is 0.227. The van der Waals surface area contributed by atoms with Gasteiger partial charge in [0.05, 0.1) is 0 Å². The van der Waals surface area contributed by atoms with Crippen molar-refractivity contribution in [2.75, 3.05) is 19.6 Å². The molecule has 0 bridgehead atoms. The van der Waals surface area contributed by atoms with Gasteiger partial charge < -0.3 is 9.80 Å². The molecule has 1 fully saturated rings. The first kappa shape index (κ1) is 19.0. The molecule has 0 saturated carbocycles. The Bertz CT molecular complexity index is 898. The van der Waals surface area contributed by atoms with Crippen molar-refractivity contribution in [3.05, 3.63) is 70.3 Å². The number of carbonyl (C=O) groups is 2. The van der Waals surface area contributed by atoms with Gasteiger partial charge in [0.15, 0.2) is 0 Å². The monoisotopic (exact) mass is 372 g/mol. The number of amides is 2. The molecule has 0 aromatic heterocycles. The summed E-state index contributed by atoms with van der Waals surface area (Å²) in [6, 6.07) is 8.65. The Morgan fingerprint density at radius 2 is 1.41 bits per heavy atom. The molecule has 27 heavy (non-hydrogen) atoms. The lowest BCUT2D eigenvalue weighted by Crippen LogP contribution is -2.55. The van der Waals surface area contributed by atoms with Crippen LogP contribution in [0.4, 0.5) is 8.78 Å². The van der Waals surface area contributed by atoms with Crippen LogP contribution in [0.3, 0.4) is 0 Å². The summed E-state index contributed by atoms with van der Waals surface area (Å²) in [5.74, 6) is -1.34. The van der Waals surface area contributed by atoms with Gasteiger partial charge in [0.1, 0.15) is 11.6 Å². The lowest BCUT2D eigenvalue weighted by atomic mass is 10.1. The van der Waals surface area contributed by atoms with Crippen LogP contribution >= 0.6 is 0 Å². The quantitative estimate of drug-likeness (QED) is 0.809. The highest BCUT2D eigenvalue weighted by atomic mass is 19.1. The third-order valence-electron chi connectivity index (χ3n) is 5.01. The van der Waals surface area contributed by atoms with E-state index in [0.717, 1.165) is 0 Å². The Morgan fingerprint density at radius 3 is 1.89 bits per heavy atom. The second-order valence-electron chi connectivity index (χ2n) is 7.03. The maximum absolute atomic E-state index is 13.8. The van der Waals surface area contributed by atoms with Gasteiger partial charge in [-0.2, -0.15) is 0 Å². The molecule has 0 spiro atoms. The standard InChI is InChI=1S/C21H22F2N2O2/c1-13-4-6-16(10-18(13)22)20(26)24-8-9-25(15(3)12-24)21(27)17-7-5-14(2)19(23)11-17/h4-7,10-11,15H,8-9,12H2,1-3H3/t15-/m0/s1. The Hall–Kier alpha value is -2.76. The lowest BCUT2D eigenvalue weighted by Gasteiger charge is -2.40. The fourth-order valence-corrected chi connectivity index (χ4v) is 3.24. The van der Waals surface area contributed by atoms with E-state index >= 15 is 0 Å². The summed E-state index contributed by atoms with van der Waals surface area (Å²) in [6.07, 6.45) is 0. The molecule has 142 valence electrons. The maximum atomic E-state index is 13.8. The summed E-state index contributed by atoms with van der Waals surface area (Å²) >= 11 is 0. The molecule has 4 nitrogen and oxygen atoms in total. The Morgan fingerprint density at radius 1 is 0.889 bits per heavy atom. The van der Waals surface area contributed by atoms with Gasteiger partial charge in [0.25, 0.3) is 11.8 Å². The van der Waals surface area contributed by atoms with Gasteiger partial charge in [0.2, 0.25) is 0 Å². The fourth-order valence-electron chi connectivity index (χ4n) is 3.24. The van der Waals surface area contributed by atoms with Gasteiger partial charge in [-0.1, -0.05) is 12.1 Å². The van der Waals surface area contributed by atoms with Crippen molar-refractivity contribution in [1.29, 1.82) is 0 Å². The van der Waals surface area contributed by atoms with E-state index in [1.807, 2.05) is 6.92 Å². The molecular formula is C21H22F2N2O2. The summed E-state index contributed by atoms with van der Waals surface area (Å²) in [7, 11) is 0. The smallest absolute Gasteiger partial charge is 0.254 e. The van der Waals surface area contributed by atoms with E-state index in [4.69, 9.17) is 0 Å². The molecule has 0 radical (unpaired) electrons. The number of nitrogens with zero attached hydrogens (tertiary/aromatic N) is 2. The molecule has 2 amide bonds. The number of carbonyl (C=O) groups excluding carboxylic acids is 2. The molecule has 1 aliphatic rings. The van der Waals surface area contributed by atoms with Crippen molar-refractivity contribution in [2.45, 2.75) is 26.8 Å². The number of rotatable bonds is 2. The van der Waals surface area contributed by atoms with Crippen molar-refractivity contribution in [1.82, 2.24) is 9.80 Å². The molecule has 0 aliphatic carbocycles. The van der Waals surface area contributed by atoms with Gasteiger partial charge in [-0.25, -0.2) is 8.78 Å². The summed E-state index contributed by atoms with van der Waals surface area (Å²) in [6.45, 7) is 6.16. The van der Waals surface area contributed by atoms with Gasteiger partial charge in [-0.3, -0.25) is 9.59 Å². The first-order valence-corrected chi connectivity index (χ1v) is 8.90. The lowest BCUT2D eigenvalue weighted by molar-refractivity contribution is 0.0414. The minimum atomic E-state index is -0.413. The van der Waals surface area contributed by atoms with E-state index in [9.17, 15) is 18.4 Å². The highest BCUT2D eigenvalue weighted by Gasteiger charge is 2.31. The normalized spacial score (nSPS) is 17.1. The molecule has 1 saturated heterocycles. The highest BCUT2D eigenvalue weighted by molar-refractivity contribution is 5.96. The number of hydrogen-bond donors (Lipinski definition) is 0. The SMILES string of the molecule is Cc1ccc(C(=O)N2CCN(C(=O)c3ccc(C)c(F)c3)[C@@H](C)C2)cc1F. The van der Waals surface area contributed by atoms with Crippen molar-refractivity contribution in [3.8, 4) is 0 Å². The zero-order valence-corrected chi connectivity index (χ0v) is 15.6. The van der Waals surface area contributed by atoms with Gasteiger partial charge in [0, 0.05) is 36.8 Å². The van der Waals surface area contributed by atoms with E-state index in [1.165, 1.54) is 12.1 Å². The predicted octanol–water partition coefficient (Wildman–Crippen LogP) is 3.57. The van der Waals surface area contributed by atoms with Crippen LogP contribution in [0.2, 0.25) is 0 Å². The van der Waals surface area contributed by atoms with Crippen LogP contribution in [0.15, 0.2) is 36.4 Å². The third-order valence-corrected chi connectivity index (χ3v) is 5.01. The average molecular weight is 372 g/mol. The summed E-state index contributed by atoms with van der Waals surface area (Å²) in [5.41, 5.74) is 1.57. The van der Waals surface area contributed by atoms with E-state index in [1.54, 1.807) is 47.9 Å². The minimum Gasteiger partial charge on any atom is -0.335 e. The molecule has 6 heteroatoms. The molecule has 1 atom stereocenters. The number of benzene rings is 2. The Balaban J connectivity index is 1.71. The van der Waals surface area contributed by atoms with Crippen LogP contribution in [0.5, 0.6) is 0 Å². The molecule has 0 unspecified atom stereocenters. The van der Waals surface area contributed by atoms with E-state index < -0.39 is 11.6 Å². The van der Waals surface area contributed by atoms with Crippen LogP contribution < -0.4 is 0 Å². The zero-order valence-electron chi connectivity index (χ0n) is 15.6. The van der Waals surface area contributed by atoms with Crippen molar-refractivity contribution >= 4 is 11.8 Å². The van der Waals surface area contributed by atoms with Crippen LogP contribution in [0.1, 0.15) is 38.8 Å². The van der Waals surface area contributed by atoms with Crippen LogP contribution in [-0.4, -0.2) is 47.3 Å². The van der Waals surface area contributed by atoms with E-state index in [-0.39, 0.29) is 17.9 Å². The topological polar surface area (TPSA) is 40.6 Å². The molecule has 2 aromatic carbocycles. The van der Waals surface area contributed by atoms with Crippen molar-refractivity contribution in [3.63, 3.8) is 0 Å². The zero-order chi connectivity index (χ0) is 19.7. The van der Waals surface area contributed by atoms with Gasteiger partial charge in [-0.05, 0) is 56.2 Å². The molecular weight excluding hydrogens is 350 g/mol. The average Bonchev–Trinajstić information content (AvgIpc) is 2.65. The molecule has 0 N–H and O–H groups in total. The van der Waals surface area contributed by atoms with Crippen molar-refractivity contribution < 1.29 is 18.4 Å². The highest BCUT2D eigenvalue weighted by Crippen LogP contribution is 2.19. The molecule has 3 rings (SSSR count). The summed E-state index contributed by atoms with van der Waals surface area (Å²) in [4.78, 5) is 28.6.